The standard InChI is InChI=1S/C21H25F3N4O2/c1-3-15-10-18(21(22,23)24)28-19(26-15)11-16(27-28)20(29)25-12(2)13-6-7-17-14(9-13)5-4-8-30-17/h6-7,9,11-12,15,18,26H,3-5,8,10H2,1-2H3,(H,25,29)/t12-,15-,18-/m1/s1. The summed E-state index contributed by atoms with van der Waals surface area (Å²) < 4.78 is 47.0. The third-order valence-corrected chi connectivity index (χ3v) is 5.77. The van der Waals surface area contributed by atoms with Gasteiger partial charge in [0.25, 0.3) is 5.91 Å². The summed E-state index contributed by atoms with van der Waals surface area (Å²) >= 11 is 0. The Kier molecular flexibility index (Phi) is 5.38. The van der Waals surface area contributed by atoms with Crippen molar-refractivity contribution in [1.29, 1.82) is 0 Å². The number of aryl methyl sites for hydroxylation is 1. The molecule has 1 aromatic carbocycles. The largest absolute Gasteiger partial charge is 0.493 e. The van der Waals surface area contributed by atoms with Gasteiger partial charge < -0.3 is 15.4 Å². The Morgan fingerprint density at radius 1 is 1.40 bits per heavy atom. The van der Waals surface area contributed by atoms with Crippen LogP contribution in [0.4, 0.5) is 19.0 Å². The monoisotopic (exact) mass is 422 g/mol. The highest BCUT2D eigenvalue weighted by atomic mass is 19.4. The molecule has 2 aliphatic rings. The van der Waals surface area contributed by atoms with Crippen molar-refractivity contribution in [2.75, 3.05) is 11.9 Å². The molecule has 2 N–H and O–H groups in total. The summed E-state index contributed by atoms with van der Waals surface area (Å²) in [5, 5.41) is 9.88. The molecule has 30 heavy (non-hydrogen) atoms. The van der Waals surface area contributed by atoms with E-state index < -0.39 is 18.1 Å². The van der Waals surface area contributed by atoms with E-state index in [4.69, 9.17) is 4.74 Å². The average molecular weight is 422 g/mol. The fourth-order valence-corrected chi connectivity index (χ4v) is 4.03. The van der Waals surface area contributed by atoms with E-state index in [1.54, 1.807) is 0 Å². The van der Waals surface area contributed by atoms with Gasteiger partial charge in [-0.2, -0.15) is 18.3 Å². The summed E-state index contributed by atoms with van der Waals surface area (Å²) in [6.07, 6.45) is -2.12. The molecule has 0 fully saturated rings. The molecule has 0 saturated carbocycles. The Bertz CT molecular complexity index is 941. The van der Waals surface area contributed by atoms with Crippen LogP contribution in [0, 0.1) is 0 Å². The van der Waals surface area contributed by atoms with E-state index in [1.165, 1.54) is 6.07 Å². The van der Waals surface area contributed by atoms with Crippen molar-refractivity contribution in [3.63, 3.8) is 0 Å². The van der Waals surface area contributed by atoms with Crippen LogP contribution >= 0.6 is 0 Å². The van der Waals surface area contributed by atoms with Crippen molar-refractivity contribution in [3.05, 3.63) is 41.1 Å². The van der Waals surface area contributed by atoms with Gasteiger partial charge in [0.05, 0.1) is 12.6 Å². The fraction of sp³-hybridized carbons (Fsp3) is 0.524. The van der Waals surface area contributed by atoms with E-state index in [9.17, 15) is 18.0 Å². The van der Waals surface area contributed by atoms with Crippen LogP contribution in [-0.4, -0.2) is 34.5 Å². The second-order valence-electron chi connectivity index (χ2n) is 7.92. The molecule has 6 nitrogen and oxygen atoms in total. The zero-order valence-corrected chi connectivity index (χ0v) is 16.9. The summed E-state index contributed by atoms with van der Waals surface area (Å²) in [5.74, 6) is 0.577. The number of amides is 1. The summed E-state index contributed by atoms with van der Waals surface area (Å²) in [6.45, 7) is 4.37. The first-order chi connectivity index (χ1) is 14.3. The molecule has 0 unspecified atom stereocenters. The minimum absolute atomic E-state index is 0.0309. The highest BCUT2D eigenvalue weighted by molar-refractivity contribution is 5.93. The summed E-state index contributed by atoms with van der Waals surface area (Å²) in [5.41, 5.74) is 1.98. The Balaban J connectivity index is 1.52. The number of nitrogens with one attached hydrogen (secondary N) is 2. The molecule has 0 radical (unpaired) electrons. The maximum Gasteiger partial charge on any atom is 0.410 e. The van der Waals surface area contributed by atoms with Gasteiger partial charge in [0, 0.05) is 12.1 Å². The number of benzene rings is 1. The van der Waals surface area contributed by atoms with Gasteiger partial charge in [-0.05, 0) is 49.8 Å². The molecule has 2 aliphatic heterocycles. The molecule has 2 aromatic rings. The molecular formula is C21H25F3N4O2. The number of carbonyl (C=O) groups excluding carboxylic acids is 1. The Hall–Kier alpha value is -2.71. The average Bonchev–Trinajstić information content (AvgIpc) is 3.16. The van der Waals surface area contributed by atoms with Crippen LogP contribution in [0.1, 0.15) is 66.8 Å². The van der Waals surface area contributed by atoms with Crippen molar-refractivity contribution in [2.45, 2.75) is 63.8 Å². The zero-order valence-electron chi connectivity index (χ0n) is 16.9. The highest BCUT2D eigenvalue weighted by Crippen LogP contribution is 2.40. The van der Waals surface area contributed by atoms with Crippen molar-refractivity contribution in [2.24, 2.45) is 0 Å². The first-order valence-electron chi connectivity index (χ1n) is 10.3. The van der Waals surface area contributed by atoms with E-state index in [2.05, 4.69) is 15.7 Å². The molecule has 162 valence electrons. The highest BCUT2D eigenvalue weighted by Gasteiger charge is 2.46. The molecule has 4 rings (SSSR count). The van der Waals surface area contributed by atoms with Gasteiger partial charge in [-0.1, -0.05) is 19.1 Å². The van der Waals surface area contributed by atoms with E-state index in [0.717, 1.165) is 34.4 Å². The Labute approximate surface area is 172 Å². The van der Waals surface area contributed by atoms with Crippen molar-refractivity contribution < 1.29 is 22.7 Å². The molecule has 3 atom stereocenters. The minimum Gasteiger partial charge on any atom is -0.493 e. The summed E-state index contributed by atoms with van der Waals surface area (Å²) in [7, 11) is 0. The molecule has 0 aliphatic carbocycles. The first kappa shape index (κ1) is 20.6. The van der Waals surface area contributed by atoms with Crippen LogP contribution in [0.2, 0.25) is 0 Å². The molecular weight excluding hydrogens is 397 g/mol. The van der Waals surface area contributed by atoms with Crippen molar-refractivity contribution in [1.82, 2.24) is 15.1 Å². The van der Waals surface area contributed by atoms with Gasteiger partial charge >= 0.3 is 6.18 Å². The number of hydrogen-bond donors (Lipinski definition) is 2. The second-order valence-corrected chi connectivity index (χ2v) is 7.92. The van der Waals surface area contributed by atoms with Gasteiger partial charge in [-0.3, -0.25) is 4.79 Å². The number of rotatable bonds is 4. The number of halogens is 3. The predicted molar refractivity (Wildman–Crippen MR) is 106 cm³/mol. The van der Waals surface area contributed by atoms with Crippen molar-refractivity contribution in [3.8, 4) is 5.75 Å². The lowest BCUT2D eigenvalue weighted by Crippen LogP contribution is -2.39. The maximum atomic E-state index is 13.5. The smallest absolute Gasteiger partial charge is 0.410 e. The number of hydrogen-bond acceptors (Lipinski definition) is 4. The van der Waals surface area contributed by atoms with Gasteiger partial charge in [0.1, 0.15) is 11.6 Å². The third kappa shape index (κ3) is 3.97. The van der Waals surface area contributed by atoms with Crippen molar-refractivity contribution >= 4 is 11.7 Å². The molecule has 9 heteroatoms. The summed E-state index contributed by atoms with van der Waals surface area (Å²) in [6, 6.07) is 4.81. The Morgan fingerprint density at radius 3 is 2.93 bits per heavy atom. The van der Waals surface area contributed by atoms with E-state index >= 15 is 0 Å². The number of alkyl halides is 3. The van der Waals surface area contributed by atoms with Gasteiger partial charge in [0.15, 0.2) is 11.7 Å². The number of nitrogens with zero attached hydrogens (tertiary/aromatic N) is 2. The normalized spacial score (nSPS) is 21.6. The van der Waals surface area contributed by atoms with Crippen LogP contribution in [-0.2, 0) is 6.42 Å². The second kappa shape index (κ2) is 7.85. The minimum atomic E-state index is -4.43. The summed E-state index contributed by atoms with van der Waals surface area (Å²) in [4.78, 5) is 12.7. The third-order valence-electron chi connectivity index (χ3n) is 5.77. The van der Waals surface area contributed by atoms with Gasteiger partial charge in [-0.15, -0.1) is 0 Å². The number of ether oxygens (including phenoxy) is 1. The number of carbonyl (C=O) groups is 1. The number of aromatic nitrogens is 2. The Morgan fingerprint density at radius 2 is 2.20 bits per heavy atom. The topological polar surface area (TPSA) is 68.2 Å². The van der Waals surface area contributed by atoms with Gasteiger partial charge in [-0.25, -0.2) is 4.68 Å². The van der Waals surface area contributed by atoms with Gasteiger partial charge in [0.2, 0.25) is 0 Å². The van der Waals surface area contributed by atoms with Crippen LogP contribution < -0.4 is 15.4 Å². The molecule has 0 spiro atoms. The van der Waals surface area contributed by atoms with Crippen LogP contribution in [0.5, 0.6) is 5.75 Å². The zero-order chi connectivity index (χ0) is 21.5. The quantitative estimate of drug-likeness (QED) is 0.767. The number of anilines is 1. The first-order valence-corrected chi connectivity index (χ1v) is 10.3. The molecule has 3 heterocycles. The maximum absolute atomic E-state index is 13.5. The fourth-order valence-electron chi connectivity index (χ4n) is 4.03. The molecule has 0 saturated heterocycles. The number of fused-ring (bicyclic) bond motifs is 2. The lowest BCUT2D eigenvalue weighted by Gasteiger charge is -2.32. The lowest BCUT2D eigenvalue weighted by atomic mass is 10.00. The molecule has 0 bridgehead atoms. The van der Waals surface area contributed by atoms with Crippen LogP contribution in [0.25, 0.3) is 0 Å². The molecule has 1 aromatic heterocycles. The van der Waals surface area contributed by atoms with E-state index in [0.29, 0.717) is 13.0 Å². The van der Waals surface area contributed by atoms with E-state index in [-0.39, 0.29) is 30.0 Å². The van der Waals surface area contributed by atoms with Crippen LogP contribution in [0.15, 0.2) is 24.3 Å². The molecule has 1 amide bonds. The van der Waals surface area contributed by atoms with Crippen LogP contribution in [0.3, 0.4) is 0 Å². The SMILES string of the molecule is CC[C@@H]1C[C@H](C(F)(F)F)n2nc(C(=O)N[C@H](C)c3ccc4c(c3)CCCO4)cc2N1. The predicted octanol–water partition coefficient (Wildman–Crippen LogP) is 4.40. The lowest BCUT2D eigenvalue weighted by molar-refractivity contribution is -0.173. The van der Waals surface area contributed by atoms with E-state index in [1.807, 2.05) is 32.0 Å².